The maximum absolute atomic E-state index is 10.9. The van der Waals surface area contributed by atoms with Crippen molar-refractivity contribution in [1.82, 2.24) is 10.6 Å². The minimum absolute atomic E-state index is 0.261. The molecule has 0 aliphatic heterocycles. The minimum Gasteiger partial charge on any atom is -0.480 e. The van der Waals surface area contributed by atoms with Crippen molar-refractivity contribution in [2.75, 3.05) is 13.7 Å². The number of carboxylic acids is 1. The Hall–Kier alpha value is -1.63. The first kappa shape index (κ1) is 12.4. The summed E-state index contributed by atoms with van der Waals surface area (Å²) >= 11 is 0. The highest BCUT2D eigenvalue weighted by Gasteiger charge is 2.12. The number of methoxy groups -OCH3 is 1. The van der Waals surface area contributed by atoms with E-state index in [2.05, 4.69) is 10.1 Å². The Bertz CT molecular complexity index is 240. The Kier molecular flexibility index (Phi) is 5.23. The molecule has 7 nitrogen and oxygen atoms in total. The Morgan fingerprint density at radius 1 is 1.43 bits per heavy atom. The van der Waals surface area contributed by atoms with Gasteiger partial charge in [-0.25, -0.2) is 4.79 Å². The van der Waals surface area contributed by atoms with Gasteiger partial charge in [-0.2, -0.15) is 0 Å². The molecule has 2 amide bonds. The molecule has 3 N–H and O–H groups in total. The molecule has 0 saturated carbocycles. The fourth-order valence-corrected chi connectivity index (χ4v) is 0.542. The van der Waals surface area contributed by atoms with Crippen LogP contribution in [0, 0.1) is 0 Å². The van der Waals surface area contributed by atoms with Gasteiger partial charge in [-0.3, -0.25) is 20.2 Å². The van der Waals surface area contributed by atoms with Gasteiger partial charge in [-0.15, -0.1) is 0 Å². The third kappa shape index (κ3) is 5.09. The monoisotopic (exact) mass is 204 g/mol. The number of nitrogens with one attached hydrogen (secondary N) is 2. The molecule has 0 rings (SSSR count). The highest BCUT2D eigenvalue weighted by molar-refractivity contribution is 5.93. The second-order valence-electron chi connectivity index (χ2n) is 2.48. The average Bonchev–Trinajstić information content (AvgIpc) is 2.13. The van der Waals surface area contributed by atoms with Gasteiger partial charge in [0.05, 0.1) is 13.7 Å². The van der Waals surface area contributed by atoms with Gasteiger partial charge in [-0.1, -0.05) is 0 Å². The summed E-state index contributed by atoms with van der Waals surface area (Å²) in [4.78, 5) is 31.7. The summed E-state index contributed by atoms with van der Waals surface area (Å²) in [5.41, 5.74) is 0. The first-order chi connectivity index (χ1) is 6.47. The average molecular weight is 204 g/mol. The fraction of sp³-hybridized carbons (Fsp3) is 0.571. The lowest BCUT2D eigenvalue weighted by Gasteiger charge is -2.07. The Balaban J connectivity index is 3.74. The number of hydrogen-bond acceptors (Lipinski definition) is 5. The molecule has 0 saturated heterocycles. The molecule has 0 aliphatic rings. The maximum atomic E-state index is 10.9. The normalized spacial score (nSPS) is 11.6. The zero-order chi connectivity index (χ0) is 11.1. The largest absolute Gasteiger partial charge is 0.480 e. The van der Waals surface area contributed by atoms with Gasteiger partial charge in [0.2, 0.25) is 5.91 Å². The molecule has 0 heterocycles. The molecule has 0 aromatic heterocycles. The second kappa shape index (κ2) is 5.92. The van der Waals surface area contributed by atoms with Crippen molar-refractivity contribution in [2.45, 2.75) is 13.0 Å². The van der Waals surface area contributed by atoms with Crippen LogP contribution in [-0.4, -0.2) is 42.8 Å². The van der Waals surface area contributed by atoms with Crippen LogP contribution < -0.4 is 10.6 Å². The van der Waals surface area contributed by atoms with Crippen molar-refractivity contribution < 1.29 is 24.2 Å². The summed E-state index contributed by atoms with van der Waals surface area (Å²) in [6.07, 6.45) is -0.875. The van der Waals surface area contributed by atoms with Crippen molar-refractivity contribution in [3.63, 3.8) is 0 Å². The number of ether oxygens (including phenoxy) is 1. The maximum Gasteiger partial charge on any atom is 0.413 e. The molecule has 7 heteroatoms. The molecule has 0 aliphatic carbocycles. The molecule has 0 radical (unpaired) electrons. The third-order valence-corrected chi connectivity index (χ3v) is 1.37. The fourth-order valence-electron chi connectivity index (χ4n) is 0.542. The van der Waals surface area contributed by atoms with Crippen LogP contribution in [0.25, 0.3) is 0 Å². The van der Waals surface area contributed by atoms with Crippen LogP contribution in [0.15, 0.2) is 0 Å². The Labute approximate surface area is 80.4 Å². The van der Waals surface area contributed by atoms with Crippen LogP contribution in [0.3, 0.4) is 0 Å². The van der Waals surface area contributed by atoms with Crippen molar-refractivity contribution in [3.8, 4) is 0 Å². The summed E-state index contributed by atoms with van der Waals surface area (Å²) in [6, 6.07) is -0.849. The number of carbonyl (C=O) groups excluding carboxylic acids is 2. The predicted octanol–water partition coefficient (Wildman–Crippen LogP) is -1.07. The highest BCUT2D eigenvalue weighted by Crippen LogP contribution is 1.80. The van der Waals surface area contributed by atoms with Crippen LogP contribution in [-0.2, 0) is 14.3 Å². The van der Waals surface area contributed by atoms with Crippen LogP contribution >= 0.6 is 0 Å². The predicted molar refractivity (Wildman–Crippen MR) is 45.6 cm³/mol. The van der Waals surface area contributed by atoms with Gasteiger partial charge in [0.25, 0.3) is 0 Å². The first-order valence-corrected chi connectivity index (χ1v) is 3.81. The van der Waals surface area contributed by atoms with E-state index in [1.165, 1.54) is 6.92 Å². The van der Waals surface area contributed by atoms with Gasteiger partial charge < -0.3 is 9.84 Å². The molecule has 0 spiro atoms. The number of hydrogen-bond donors (Lipinski definition) is 3. The standard InChI is InChI=1S/C7H12N2O5/c1-4(6(11)12)8-3-5(10)9-7(13)14-2/h4,8H,3H2,1-2H3,(H,11,12)(H,9,10,13)/t4-/m0/s1. The Morgan fingerprint density at radius 2 is 2.00 bits per heavy atom. The lowest BCUT2D eigenvalue weighted by Crippen LogP contribution is -2.43. The van der Waals surface area contributed by atoms with E-state index in [0.29, 0.717) is 0 Å². The number of imide groups is 1. The smallest absolute Gasteiger partial charge is 0.413 e. The van der Waals surface area contributed by atoms with Crippen LogP contribution in [0.4, 0.5) is 4.79 Å². The molecule has 80 valence electrons. The molecule has 1 atom stereocenters. The van der Waals surface area contributed by atoms with Gasteiger partial charge in [0.15, 0.2) is 0 Å². The van der Waals surface area contributed by atoms with E-state index in [-0.39, 0.29) is 6.54 Å². The van der Waals surface area contributed by atoms with Gasteiger partial charge in [-0.05, 0) is 6.92 Å². The SMILES string of the molecule is COC(=O)NC(=O)CN[C@@H](C)C(=O)O. The second-order valence-corrected chi connectivity index (χ2v) is 2.48. The zero-order valence-corrected chi connectivity index (χ0v) is 7.86. The summed E-state index contributed by atoms with van der Waals surface area (Å²) in [6.45, 7) is 1.12. The number of alkyl carbamates (subject to hydrolysis) is 1. The molecule has 14 heavy (non-hydrogen) atoms. The van der Waals surface area contributed by atoms with Crippen LogP contribution in [0.1, 0.15) is 6.92 Å². The molecule has 0 aromatic rings. The summed E-state index contributed by atoms with van der Waals surface area (Å²) in [5, 5.41) is 12.7. The van der Waals surface area contributed by atoms with Crippen LogP contribution in [0.5, 0.6) is 0 Å². The zero-order valence-electron chi connectivity index (χ0n) is 7.86. The van der Waals surface area contributed by atoms with E-state index < -0.39 is 24.0 Å². The van der Waals surface area contributed by atoms with Crippen LogP contribution in [0.2, 0.25) is 0 Å². The van der Waals surface area contributed by atoms with E-state index in [1.54, 1.807) is 0 Å². The molecule has 0 fully saturated rings. The highest BCUT2D eigenvalue weighted by atomic mass is 16.5. The Morgan fingerprint density at radius 3 is 2.43 bits per heavy atom. The molecular weight excluding hydrogens is 192 g/mol. The molecule has 0 aromatic carbocycles. The summed E-state index contributed by atoms with van der Waals surface area (Å²) in [7, 11) is 1.12. The van der Waals surface area contributed by atoms with E-state index in [9.17, 15) is 14.4 Å². The molecule has 0 unspecified atom stereocenters. The van der Waals surface area contributed by atoms with E-state index in [1.807, 2.05) is 5.32 Å². The van der Waals surface area contributed by atoms with Crippen molar-refractivity contribution in [1.29, 1.82) is 0 Å². The number of rotatable bonds is 4. The lowest BCUT2D eigenvalue weighted by atomic mass is 10.3. The van der Waals surface area contributed by atoms with E-state index in [0.717, 1.165) is 7.11 Å². The first-order valence-electron chi connectivity index (χ1n) is 3.81. The van der Waals surface area contributed by atoms with E-state index >= 15 is 0 Å². The number of carboxylic acid groups (broad SMARTS) is 1. The number of amides is 2. The quantitative estimate of drug-likeness (QED) is 0.538. The lowest BCUT2D eigenvalue weighted by molar-refractivity contribution is -0.139. The molecular formula is C7H12N2O5. The topological polar surface area (TPSA) is 105 Å². The summed E-state index contributed by atoms with van der Waals surface area (Å²) in [5.74, 6) is -1.72. The van der Waals surface area contributed by atoms with Crippen molar-refractivity contribution in [3.05, 3.63) is 0 Å². The molecule has 0 bridgehead atoms. The number of aliphatic carboxylic acids is 1. The third-order valence-electron chi connectivity index (χ3n) is 1.37. The van der Waals surface area contributed by atoms with Crippen molar-refractivity contribution >= 4 is 18.0 Å². The van der Waals surface area contributed by atoms with Gasteiger partial charge in [0, 0.05) is 0 Å². The number of carbonyl (C=O) groups is 3. The summed E-state index contributed by atoms with van der Waals surface area (Å²) < 4.78 is 4.16. The minimum atomic E-state index is -1.07. The van der Waals surface area contributed by atoms with E-state index in [4.69, 9.17) is 5.11 Å². The van der Waals surface area contributed by atoms with Gasteiger partial charge in [0.1, 0.15) is 6.04 Å². The van der Waals surface area contributed by atoms with Crippen molar-refractivity contribution in [2.24, 2.45) is 0 Å². The van der Waals surface area contributed by atoms with Gasteiger partial charge >= 0.3 is 12.1 Å².